The molecule has 0 aromatic carbocycles. The fourth-order valence-electron chi connectivity index (χ4n) is 1.03. The van der Waals surface area contributed by atoms with Crippen LogP contribution < -0.4 is 0 Å². The van der Waals surface area contributed by atoms with E-state index in [1.54, 1.807) is 12.3 Å². The van der Waals surface area contributed by atoms with Crippen molar-refractivity contribution in [1.29, 1.82) is 0 Å². The molecule has 0 atom stereocenters. The summed E-state index contributed by atoms with van der Waals surface area (Å²) in [6, 6.07) is 1.70. The van der Waals surface area contributed by atoms with Gasteiger partial charge in [-0.05, 0) is 6.07 Å². The largest absolute Gasteiger partial charge is 0.476 e. The van der Waals surface area contributed by atoms with Crippen LogP contribution in [0.5, 0.6) is 0 Å². The van der Waals surface area contributed by atoms with Gasteiger partial charge in [0.25, 0.3) is 0 Å². The number of hydrogen-bond acceptors (Lipinski definition) is 3. The SMILES string of the molecule is O=C(O)c1ncnc2cc[nH]c12. The summed E-state index contributed by atoms with van der Waals surface area (Å²) >= 11 is 0. The van der Waals surface area contributed by atoms with E-state index in [9.17, 15) is 4.79 Å². The molecule has 0 amide bonds. The Labute approximate surface area is 67.1 Å². The Kier molecular flexibility index (Phi) is 1.30. The van der Waals surface area contributed by atoms with E-state index < -0.39 is 5.97 Å². The van der Waals surface area contributed by atoms with Crippen LogP contribution in [0.2, 0.25) is 0 Å². The molecule has 0 aliphatic rings. The molecule has 60 valence electrons. The average molecular weight is 163 g/mol. The van der Waals surface area contributed by atoms with E-state index in [0.29, 0.717) is 11.0 Å². The van der Waals surface area contributed by atoms with Gasteiger partial charge in [0.15, 0.2) is 5.69 Å². The van der Waals surface area contributed by atoms with Crippen LogP contribution in [-0.2, 0) is 0 Å². The molecule has 0 radical (unpaired) electrons. The third kappa shape index (κ3) is 0.833. The summed E-state index contributed by atoms with van der Waals surface area (Å²) < 4.78 is 0. The number of fused-ring (bicyclic) bond motifs is 1. The Morgan fingerprint density at radius 1 is 1.50 bits per heavy atom. The minimum absolute atomic E-state index is 0.00463. The van der Waals surface area contributed by atoms with Crippen LogP contribution >= 0.6 is 0 Å². The molecule has 5 heteroatoms. The van der Waals surface area contributed by atoms with Crippen molar-refractivity contribution in [1.82, 2.24) is 15.0 Å². The van der Waals surface area contributed by atoms with Crippen molar-refractivity contribution in [2.45, 2.75) is 0 Å². The number of aromatic amines is 1. The molecule has 0 unspecified atom stereocenters. The van der Waals surface area contributed by atoms with E-state index in [-0.39, 0.29) is 5.69 Å². The van der Waals surface area contributed by atoms with Crippen LogP contribution in [0, 0.1) is 0 Å². The van der Waals surface area contributed by atoms with E-state index in [2.05, 4.69) is 15.0 Å². The van der Waals surface area contributed by atoms with Gasteiger partial charge in [-0.25, -0.2) is 14.8 Å². The number of rotatable bonds is 1. The number of carbonyl (C=O) groups is 1. The van der Waals surface area contributed by atoms with E-state index >= 15 is 0 Å². The van der Waals surface area contributed by atoms with Gasteiger partial charge >= 0.3 is 5.97 Å². The van der Waals surface area contributed by atoms with Crippen LogP contribution in [0.4, 0.5) is 0 Å². The topological polar surface area (TPSA) is 78.9 Å². The van der Waals surface area contributed by atoms with Crippen molar-refractivity contribution in [2.75, 3.05) is 0 Å². The normalized spacial score (nSPS) is 10.3. The minimum atomic E-state index is -1.05. The third-order valence-electron chi connectivity index (χ3n) is 1.55. The van der Waals surface area contributed by atoms with Gasteiger partial charge in [-0.2, -0.15) is 0 Å². The maximum absolute atomic E-state index is 10.6. The first-order valence-corrected chi connectivity index (χ1v) is 3.30. The van der Waals surface area contributed by atoms with Gasteiger partial charge in [0.1, 0.15) is 6.33 Å². The second-order valence-corrected chi connectivity index (χ2v) is 2.27. The molecule has 0 spiro atoms. The lowest BCUT2D eigenvalue weighted by Crippen LogP contribution is -2.01. The molecular formula is C7H5N3O2. The minimum Gasteiger partial charge on any atom is -0.476 e. The zero-order valence-corrected chi connectivity index (χ0v) is 5.98. The quantitative estimate of drug-likeness (QED) is 0.647. The number of nitrogens with one attached hydrogen (secondary N) is 1. The molecule has 2 N–H and O–H groups in total. The van der Waals surface area contributed by atoms with Gasteiger partial charge in [0.05, 0.1) is 11.0 Å². The number of carboxylic acid groups (broad SMARTS) is 1. The Bertz CT molecular complexity index is 435. The summed E-state index contributed by atoms with van der Waals surface area (Å²) in [4.78, 5) is 20.9. The monoisotopic (exact) mass is 163 g/mol. The Hall–Kier alpha value is -1.91. The molecule has 0 fully saturated rings. The number of aromatic nitrogens is 3. The van der Waals surface area contributed by atoms with Crippen molar-refractivity contribution in [3.63, 3.8) is 0 Å². The molecule has 12 heavy (non-hydrogen) atoms. The van der Waals surface area contributed by atoms with Gasteiger partial charge in [0.2, 0.25) is 0 Å². The lowest BCUT2D eigenvalue weighted by Gasteiger charge is -1.93. The molecule has 2 heterocycles. The van der Waals surface area contributed by atoms with Gasteiger partial charge in [0, 0.05) is 6.20 Å². The summed E-state index contributed by atoms with van der Waals surface area (Å²) in [6.07, 6.45) is 2.87. The molecule has 0 aliphatic carbocycles. The highest BCUT2D eigenvalue weighted by Gasteiger charge is 2.10. The lowest BCUT2D eigenvalue weighted by atomic mass is 10.3. The van der Waals surface area contributed by atoms with Crippen LogP contribution in [0.1, 0.15) is 10.5 Å². The van der Waals surface area contributed by atoms with Crippen LogP contribution in [0.3, 0.4) is 0 Å². The standard InChI is InChI=1S/C7H5N3O2/c11-7(12)6-5-4(1-2-8-5)9-3-10-6/h1-3,8H,(H,11,12). The van der Waals surface area contributed by atoms with E-state index in [1.807, 2.05) is 0 Å². The maximum atomic E-state index is 10.6. The molecule has 0 bridgehead atoms. The molecule has 2 rings (SSSR count). The highest BCUT2D eigenvalue weighted by molar-refractivity contribution is 5.98. The second kappa shape index (κ2) is 2.30. The first-order valence-electron chi connectivity index (χ1n) is 3.30. The molecular weight excluding hydrogens is 158 g/mol. The average Bonchev–Trinajstić information content (AvgIpc) is 2.49. The molecule has 5 nitrogen and oxygen atoms in total. The van der Waals surface area contributed by atoms with Crippen molar-refractivity contribution < 1.29 is 9.90 Å². The fourth-order valence-corrected chi connectivity index (χ4v) is 1.03. The zero-order valence-electron chi connectivity index (χ0n) is 5.98. The summed E-state index contributed by atoms with van der Waals surface area (Å²) in [5.74, 6) is -1.05. The predicted octanol–water partition coefficient (Wildman–Crippen LogP) is 0.656. The van der Waals surface area contributed by atoms with E-state index in [1.165, 1.54) is 6.33 Å². The number of carboxylic acids is 1. The summed E-state index contributed by atoms with van der Waals surface area (Å²) in [5, 5.41) is 8.69. The van der Waals surface area contributed by atoms with Crippen LogP contribution in [-0.4, -0.2) is 26.0 Å². The van der Waals surface area contributed by atoms with Crippen molar-refractivity contribution >= 4 is 17.0 Å². The summed E-state index contributed by atoms with van der Waals surface area (Å²) in [7, 11) is 0. The molecule has 0 saturated carbocycles. The number of H-pyrrole nitrogens is 1. The molecule has 2 aromatic rings. The Morgan fingerprint density at radius 3 is 3.08 bits per heavy atom. The first-order chi connectivity index (χ1) is 5.79. The van der Waals surface area contributed by atoms with E-state index in [0.717, 1.165) is 0 Å². The summed E-state index contributed by atoms with van der Waals surface area (Å²) in [6.45, 7) is 0. The summed E-state index contributed by atoms with van der Waals surface area (Å²) in [5.41, 5.74) is 1.08. The van der Waals surface area contributed by atoms with Crippen molar-refractivity contribution in [3.8, 4) is 0 Å². The van der Waals surface area contributed by atoms with Crippen LogP contribution in [0.25, 0.3) is 11.0 Å². The predicted molar refractivity (Wildman–Crippen MR) is 40.8 cm³/mol. The number of hydrogen-bond donors (Lipinski definition) is 2. The highest BCUT2D eigenvalue weighted by atomic mass is 16.4. The Morgan fingerprint density at radius 2 is 2.33 bits per heavy atom. The molecule has 2 aromatic heterocycles. The van der Waals surface area contributed by atoms with Crippen molar-refractivity contribution in [2.24, 2.45) is 0 Å². The van der Waals surface area contributed by atoms with Gasteiger partial charge < -0.3 is 10.1 Å². The van der Waals surface area contributed by atoms with E-state index in [4.69, 9.17) is 5.11 Å². The maximum Gasteiger partial charge on any atom is 0.356 e. The first kappa shape index (κ1) is 6.78. The lowest BCUT2D eigenvalue weighted by molar-refractivity contribution is 0.0692. The molecule has 0 aliphatic heterocycles. The third-order valence-corrected chi connectivity index (χ3v) is 1.55. The van der Waals surface area contributed by atoms with Crippen LogP contribution in [0.15, 0.2) is 18.6 Å². The molecule has 0 saturated heterocycles. The number of nitrogens with zero attached hydrogens (tertiary/aromatic N) is 2. The second-order valence-electron chi connectivity index (χ2n) is 2.27. The number of aromatic carboxylic acids is 1. The highest BCUT2D eigenvalue weighted by Crippen LogP contribution is 2.11. The Balaban J connectivity index is 2.82. The smallest absolute Gasteiger partial charge is 0.356 e. The van der Waals surface area contributed by atoms with Gasteiger partial charge in [-0.15, -0.1) is 0 Å². The zero-order chi connectivity index (χ0) is 8.55. The van der Waals surface area contributed by atoms with Gasteiger partial charge in [-0.3, -0.25) is 0 Å². The fraction of sp³-hybridized carbons (Fsp3) is 0. The van der Waals surface area contributed by atoms with Crippen molar-refractivity contribution in [3.05, 3.63) is 24.3 Å². The van der Waals surface area contributed by atoms with Gasteiger partial charge in [-0.1, -0.05) is 0 Å².